The molecule has 0 saturated carbocycles. The summed E-state index contributed by atoms with van der Waals surface area (Å²) in [6.45, 7) is 0. The molecule has 1 N–H and O–H groups in total. The van der Waals surface area contributed by atoms with E-state index in [9.17, 15) is 4.79 Å². The van der Waals surface area contributed by atoms with E-state index >= 15 is 0 Å². The maximum Gasteiger partial charge on any atom is 0.281 e. The summed E-state index contributed by atoms with van der Waals surface area (Å²) in [5.74, 6) is 0.0493. The van der Waals surface area contributed by atoms with Crippen LogP contribution in [0.5, 0.6) is 0 Å². The summed E-state index contributed by atoms with van der Waals surface area (Å²) < 4.78 is 1.87. The lowest BCUT2D eigenvalue weighted by molar-refractivity contribution is -0.594. The number of carbonyl (C=O) groups excluding carboxylic acids is 1. The van der Waals surface area contributed by atoms with Crippen molar-refractivity contribution in [1.29, 1.82) is 0 Å². The first kappa shape index (κ1) is 13.3. The van der Waals surface area contributed by atoms with E-state index in [1.165, 1.54) is 0 Å². The fourth-order valence-corrected chi connectivity index (χ4v) is 2.45. The van der Waals surface area contributed by atoms with Gasteiger partial charge in [-0.3, -0.25) is 4.79 Å². The topological polar surface area (TPSA) is 32.1 Å². The highest BCUT2D eigenvalue weighted by Crippen LogP contribution is 2.23. The van der Waals surface area contributed by atoms with Crippen molar-refractivity contribution in [3.63, 3.8) is 0 Å². The lowest BCUT2D eigenvalue weighted by Gasteiger charge is -2.04. The Balaban J connectivity index is 1.81. The molecule has 2 aromatic rings. The number of nitrogens with one attached hydrogen (secondary N) is 1. The predicted molar refractivity (Wildman–Crippen MR) is 83.7 cm³/mol. The van der Waals surface area contributed by atoms with E-state index in [4.69, 9.17) is 0 Å². The van der Waals surface area contributed by atoms with Gasteiger partial charge in [-0.15, -0.1) is 10.1 Å². The van der Waals surface area contributed by atoms with Gasteiger partial charge in [0, 0.05) is 11.6 Å². The third kappa shape index (κ3) is 3.26. The van der Waals surface area contributed by atoms with Gasteiger partial charge in [-0.05, 0) is 11.6 Å². The molecule has 0 aromatic heterocycles. The highest BCUT2D eigenvalue weighted by Gasteiger charge is 2.35. The number of hydrogen-bond acceptors (Lipinski definition) is 1. The number of benzene rings is 2. The molecule has 2 aromatic carbocycles. The third-order valence-electron chi connectivity index (χ3n) is 3.49. The van der Waals surface area contributed by atoms with Crippen LogP contribution >= 0.6 is 0 Å². The minimum atomic E-state index is 0.0493. The van der Waals surface area contributed by atoms with Crippen molar-refractivity contribution in [3.8, 4) is 0 Å². The summed E-state index contributed by atoms with van der Waals surface area (Å²) in [5.41, 5.74) is 5.15. The highest BCUT2D eigenvalue weighted by molar-refractivity contribution is 5.80. The fraction of sp³-hybridized carbons (Fsp3) is 0.111. The Hall–Kier alpha value is -2.68. The van der Waals surface area contributed by atoms with E-state index in [0.29, 0.717) is 6.42 Å². The molecule has 1 heterocycles. The summed E-state index contributed by atoms with van der Waals surface area (Å²) >= 11 is 0. The average molecular weight is 277 g/mol. The molecule has 1 amide bonds. The van der Waals surface area contributed by atoms with Crippen LogP contribution in [0.1, 0.15) is 23.6 Å². The quantitative estimate of drug-likeness (QED) is 0.859. The number of rotatable bonds is 3. The van der Waals surface area contributed by atoms with Crippen LogP contribution in [0.2, 0.25) is 0 Å². The van der Waals surface area contributed by atoms with Crippen LogP contribution in [-0.4, -0.2) is 16.8 Å². The van der Waals surface area contributed by atoms with Crippen LogP contribution in [-0.2, 0) is 4.79 Å². The molecule has 0 aliphatic carbocycles. The first-order chi connectivity index (χ1) is 10.3. The van der Waals surface area contributed by atoms with Gasteiger partial charge in [0.15, 0.2) is 6.21 Å². The maximum absolute atomic E-state index is 11.7. The number of hydrogen-bond donors (Lipinski definition) is 1. The van der Waals surface area contributed by atoms with E-state index in [-0.39, 0.29) is 11.9 Å². The van der Waals surface area contributed by atoms with E-state index in [0.717, 1.165) is 11.1 Å². The second kappa shape index (κ2) is 6.18. The Morgan fingerprint density at radius 1 is 1.00 bits per heavy atom. The molecule has 3 nitrogen and oxygen atoms in total. The predicted octanol–water partition coefficient (Wildman–Crippen LogP) is 2.96. The Morgan fingerprint density at radius 3 is 2.38 bits per heavy atom. The Bertz CT molecular complexity index is 675. The van der Waals surface area contributed by atoms with Gasteiger partial charge < -0.3 is 0 Å². The van der Waals surface area contributed by atoms with Crippen molar-refractivity contribution in [1.82, 2.24) is 5.43 Å². The van der Waals surface area contributed by atoms with Gasteiger partial charge in [0.25, 0.3) is 5.91 Å². The van der Waals surface area contributed by atoms with Gasteiger partial charge >= 0.3 is 0 Å². The van der Waals surface area contributed by atoms with Gasteiger partial charge in [-0.25, -0.2) is 0 Å². The molecule has 1 aliphatic heterocycles. The van der Waals surface area contributed by atoms with Crippen molar-refractivity contribution < 1.29 is 9.48 Å². The molecule has 0 bridgehead atoms. The van der Waals surface area contributed by atoms with Crippen molar-refractivity contribution in [2.24, 2.45) is 0 Å². The molecule has 1 fully saturated rings. The van der Waals surface area contributed by atoms with Crippen molar-refractivity contribution in [2.75, 3.05) is 0 Å². The van der Waals surface area contributed by atoms with E-state index in [1.807, 2.05) is 83.7 Å². The zero-order valence-corrected chi connectivity index (χ0v) is 11.6. The van der Waals surface area contributed by atoms with Crippen LogP contribution in [0.3, 0.4) is 0 Å². The minimum Gasteiger partial charge on any atom is -0.269 e. The lowest BCUT2D eigenvalue weighted by Crippen LogP contribution is -2.25. The number of allylic oxidation sites excluding steroid dienone is 1. The van der Waals surface area contributed by atoms with Crippen LogP contribution in [0.25, 0.3) is 6.08 Å². The number of hydrazine groups is 1. The number of amides is 1. The molecule has 21 heavy (non-hydrogen) atoms. The van der Waals surface area contributed by atoms with E-state index < -0.39 is 0 Å². The molecular formula is C18H17N2O+. The molecular weight excluding hydrogens is 260 g/mol. The third-order valence-corrected chi connectivity index (χ3v) is 3.49. The first-order valence-electron chi connectivity index (χ1n) is 7.02. The average Bonchev–Trinajstić information content (AvgIpc) is 2.90. The van der Waals surface area contributed by atoms with E-state index in [1.54, 1.807) is 0 Å². The second-order valence-electron chi connectivity index (χ2n) is 4.99. The standard InChI is InChI=1S/C18H16N2O/c21-18-14-17(16-11-5-2-6-12-16)20(19-18)13-7-10-15-8-3-1-4-9-15/h1-13,17H,14H2/p+1/b10-7+,20-13-. The summed E-state index contributed by atoms with van der Waals surface area (Å²) in [4.78, 5) is 11.7. The van der Waals surface area contributed by atoms with Gasteiger partial charge in [0.2, 0.25) is 6.04 Å². The number of hydrazone groups is 1. The number of carbonyl (C=O) groups is 1. The Kier molecular flexibility index (Phi) is 3.92. The normalized spacial score (nSPS) is 20.1. The van der Waals surface area contributed by atoms with E-state index in [2.05, 4.69) is 5.43 Å². The maximum atomic E-state index is 11.7. The SMILES string of the molecule is O=C1CC(c2ccccc2)/[N+](=C/C=C/c2ccccc2)N1. The molecule has 1 unspecified atom stereocenters. The fourth-order valence-electron chi connectivity index (χ4n) is 2.45. The van der Waals surface area contributed by atoms with Gasteiger partial charge in [-0.2, -0.15) is 0 Å². The molecule has 0 spiro atoms. The highest BCUT2D eigenvalue weighted by atomic mass is 16.2. The summed E-state index contributed by atoms with van der Waals surface area (Å²) in [6.07, 6.45) is 6.37. The molecule has 0 radical (unpaired) electrons. The monoisotopic (exact) mass is 277 g/mol. The van der Waals surface area contributed by atoms with Crippen molar-refractivity contribution in [2.45, 2.75) is 12.5 Å². The second-order valence-corrected chi connectivity index (χ2v) is 4.99. The molecule has 3 rings (SSSR count). The zero-order valence-electron chi connectivity index (χ0n) is 11.6. The van der Waals surface area contributed by atoms with Gasteiger partial charge in [0.05, 0.1) is 0 Å². The van der Waals surface area contributed by atoms with Crippen molar-refractivity contribution in [3.05, 3.63) is 77.9 Å². The summed E-state index contributed by atoms with van der Waals surface area (Å²) in [7, 11) is 0. The summed E-state index contributed by atoms with van der Waals surface area (Å²) in [5, 5.41) is 0. The zero-order chi connectivity index (χ0) is 14.5. The summed E-state index contributed by atoms with van der Waals surface area (Å²) in [6, 6.07) is 20.2. The molecule has 1 saturated heterocycles. The lowest BCUT2D eigenvalue weighted by atomic mass is 10.1. The van der Waals surface area contributed by atoms with Crippen LogP contribution in [0, 0.1) is 0 Å². The Labute approximate surface area is 124 Å². The van der Waals surface area contributed by atoms with Gasteiger partial charge in [0.1, 0.15) is 6.42 Å². The van der Waals surface area contributed by atoms with Crippen LogP contribution in [0.4, 0.5) is 0 Å². The number of nitrogens with zero attached hydrogens (tertiary/aromatic N) is 1. The minimum absolute atomic E-state index is 0.0493. The first-order valence-corrected chi connectivity index (χ1v) is 7.02. The Morgan fingerprint density at radius 2 is 1.67 bits per heavy atom. The molecule has 104 valence electrons. The van der Waals surface area contributed by atoms with Gasteiger partial charge in [-0.1, -0.05) is 60.7 Å². The molecule has 1 aliphatic rings. The molecule has 3 heteroatoms. The largest absolute Gasteiger partial charge is 0.281 e. The smallest absolute Gasteiger partial charge is 0.269 e. The molecule has 1 atom stereocenters. The van der Waals surface area contributed by atoms with Crippen molar-refractivity contribution >= 4 is 18.2 Å². The van der Waals surface area contributed by atoms with Crippen LogP contribution in [0.15, 0.2) is 66.7 Å². The van der Waals surface area contributed by atoms with Crippen LogP contribution < -0.4 is 5.43 Å².